The highest BCUT2D eigenvalue weighted by Crippen LogP contribution is 2.42. The SMILES string of the molecule is CCOC(=O)CC(C)CN1CC2(Cc3ccc(OCc4c(Cl)cccc4CC)cc3O2)C1. The van der Waals surface area contributed by atoms with Gasteiger partial charge in [-0.15, -0.1) is 0 Å². The Morgan fingerprint density at radius 1 is 1.25 bits per heavy atom. The van der Waals surface area contributed by atoms with Crippen LogP contribution in [-0.2, 0) is 29.0 Å². The van der Waals surface area contributed by atoms with Crippen molar-refractivity contribution in [2.24, 2.45) is 5.92 Å². The Hall–Kier alpha value is -2.24. The zero-order valence-corrected chi connectivity index (χ0v) is 19.9. The lowest BCUT2D eigenvalue weighted by Crippen LogP contribution is -2.65. The highest BCUT2D eigenvalue weighted by molar-refractivity contribution is 6.31. The van der Waals surface area contributed by atoms with Crippen LogP contribution < -0.4 is 9.47 Å². The quantitative estimate of drug-likeness (QED) is 0.492. The van der Waals surface area contributed by atoms with Crippen LogP contribution in [-0.4, -0.2) is 42.7 Å². The lowest BCUT2D eigenvalue weighted by Gasteiger charge is -2.47. The Morgan fingerprint density at radius 3 is 2.81 bits per heavy atom. The van der Waals surface area contributed by atoms with E-state index in [4.69, 9.17) is 25.8 Å². The second-order valence-electron chi connectivity index (χ2n) is 9.04. The number of likely N-dealkylation sites (tertiary alicyclic amines) is 1. The van der Waals surface area contributed by atoms with Crippen molar-refractivity contribution < 1.29 is 19.0 Å². The van der Waals surface area contributed by atoms with Gasteiger partial charge in [0.15, 0.2) is 0 Å². The number of carbonyl (C=O) groups is 1. The van der Waals surface area contributed by atoms with E-state index in [2.05, 4.69) is 30.9 Å². The van der Waals surface area contributed by atoms with Gasteiger partial charge in [0.05, 0.1) is 6.61 Å². The maximum absolute atomic E-state index is 11.7. The van der Waals surface area contributed by atoms with Crippen LogP contribution in [0.4, 0.5) is 0 Å². The largest absolute Gasteiger partial charge is 0.489 e. The second kappa shape index (κ2) is 9.72. The molecule has 1 spiro atoms. The summed E-state index contributed by atoms with van der Waals surface area (Å²) in [5, 5.41) is 0.743. The molecule has 2 aliphatic rings. The summed E-state index contributed by atoms with van der Waals surface area (Å²) >= 11 is 6.39. The van der Waals surface area contributed by atoms with Crippen LogP contribution >= 0.6 is 11.6 Å². The van der Waals surface area contributed by atoms with Crippen LogP contribution in [0.25, 0.3) is 0 Å². The minimum absolute atomic E-state index is 0.116. The van der Waals surface area contributed by atoms with E-state index in [-0.39, 0.29) is 17.5 Å². The molecule has 2 aromatic carbocycles. The van der Waals surface area contributed by atoms with Crippen molar-refractivity contribution in [3.8, 4) is 11.5 Å². The van der Waals surface area contributed by atoms with Gasteiger partial charge in [-0.05, 0) is 42.5 Å². The highest BCUT2D eigenvalue weighted by Gasteiger charge is 2.49. The normalized spacial score (nSPS) is 17.4. The molecule has 1 unspecified atom stereocenters. The molecule has 1 saturated heterocycles. The average Bonchev–Trinajstić information content (AvgIpc) is 3.11. The van der Waals surface area contributed by atoms with Gasteiger partial charge in [0.2, 0.25) is 0 Å². The molecule has 2 aromatic rings. The van der Waals surface area contributed by atoms with Gasteiger partial charge in [-0.25, -0.2) is 0 Å². The summed E-state index contributed by atoms with van der Waals surface area (Å²) in [6.07, 6.45) is 2.30. The first-order valence-electron chi connectivity index (χ1n) is 11.5. The molecule has 0 saturated carbocycles. The van der Waals surface area contributed by atoms with Crippen molar-refractivity contribution in [2.75, 3.05) is 26.2 Å². The van der Waals surface area contributed by atoms with Crippen molar-refractivity contribution in [1.29, 1.82) is 0 Å². The van der Waals surface area contributed by atoms with Gasteiger partial charge >= 0.3 is 5.97 Å². The number of benzene rings is 2. The van der Waals surface area contributed by atoms with Gasteiger partial charge in [-0.2, -0.15) is 0 Å². The van der Waals surface area contributed by atoms with E-state index >= 15 is 0 Å². The predicted octanol–water partition coefficient (Wildman–Crippen LogP) is 5.06. The van der Waals surface area contributed by atoms with E-state index in [0.29, 0.717) is 19.6 Å². The molecule has 2 heterocycles. The van der Waals surface area contributed by atoms with E-state index in [1.165, 1.54) is 11.1 Å². The van der Waals surface area contributed by atoms with Gasteiger partial charge in [-0.3, -0.25) is 9.69 Å². The summed E-state index contributed by atoms with van der Waals surface area (Å²) in [7, 11) is 0. The summed E-state index contributed by atoms with van der Waals surface area (Å²) in [6.45, 7) is 9.58. The molecule has 1 fully saturated rings. The van der Waals surface area contributed by atoms with E-state index in [0.717, 1.165) is 54.6 Å². The van der Waals surface area contributed by atoms with Gasteiger partial charge in [-0.1, -0.05) is 43.6 Å². The molecule has 172 valence electrons. The summed E-state index contributed by atoms with van der Waals surface area (Å²) < 4.78 is 17.5. The number of esters is 1. The fourth-order valence-corrected chi connectivity index (χ4v) is 5.07. The van der Waals surface area contributed by atoms with Crippen molar-refractivity contribution in [3.05, 3.63) is 58.1 Å². The molecule has 6 heteroatoms. The second-order valence-corrected chi connectivity index (χ2v) is 9.44. The molecular formula is C26H32ClNO4. The molecule has 0 bridgehead atoms. The molecule has 0 N–H and O–H groups in total. The number of carbonyl (C=O) groups excluding carboxylic acids is 1. The first-order chi connectivity index (χ1) is 15.4. The van der Waals surface area contributed by atoms with Gasteiger partial charge < -0.3 is 14.2 Å². The van der Waals surface area contributed by atoms with E-state index in [1.54, 1.807) is 0 Å². The number of hydrogen-bond donors (Lipinski definition) is 0. The van der Waals surface area contributed by atoms with E-state index < -0.39 is 0 Å². The molecule has 1 atom stereocenters. The number of fused-ring (bicyclic) bond motifs is 1. The first kappa shape index (κ1) is 22.9. The fraction of sp³-hybridized carbons (Fsp3) is 0.500. The van der Waals surface area contributed by atoms with Gasteiger partial charge in [0.25, 0.3) is 0 Å². The molecule has 2 aliphatic heterocycles. The maximum Gasteiger partial charge on any atom is 0.306 e. The van der Waals surface area contributed by atoms with Crippen LogP contribution in [0.1, 0.15) is 43.9 Å². The summed E-state index contributed by atoms with van der Waals surface area (Å²) in [5.41, 5.74) is 3.33. The molecule has 0 aliphatic carbocycles. The van der Waals surface area contributed by atoms with E-state index in [9.17, 15) is 4.79 Å². The Kier molecular flexibility index (Phi) is 6.96. The maximum atomic E-state index is 11.7. The fourth-order valence-electron chi connectivity index (χ4n) is 4.82. The zero-order valence-electron chi connectivity index (χ0n) is 19.2. The number of rotatable bonds is 9. The Morgan fingerprint density at radius 2 is 2.06 bits per heavy atom. The van der Waals surface area contributed by atoms with Crippen molar-refractivity contribution in [2.45, 2.75) is 52.2 Å². The van der Waals surface area contributed by atoms with Crippen LogP contribution in [0.15, 0.2) is 36.4 Å². The van der Waals surface area contributed by atoms with Crippen molar-refractivity contribution in [3.63, 3.8) is 0 Å². The Labute approximate surface area is 195 Å². The average molecular weight is 458 g/mol. The zero-order chi connectivity index (χ0) is 22.7. The monoisotopic (exact) mass is 457 g/mol. The van der Waals surface area contributed by atoms with Gasteiger partial charge in [0.1, 0.15) is 23.7 Å². The molecular weight excluding hydrogens is 426 g/mol. The van der Waals surface area contributed by atoms with E-state index in [1.807, 2.05) is 31.2 Å². The van der Waals surface area contributed by atoms with Crippen LogP contribution in [0.5, 0.6) is 11.5 Å². The minimum Gasteiger partial charge on any atom is -0.489 e. The van der Waals surface area contributed by atoms with Crippen LogP contribution in [0.2, 0.25) is 5.02 Å². The number of hydrogen-bond acceptors (Lipinski definition) is 5. The number of ether oxygens (including phenoxy) is 3. The first-order valence-corrected chi connectivity index (χ1v) is 11.9. The lowest BCUT2D eigenvalue weighted by molar-refractivity contribution is -0.144. The molecule has 5 nitrogen and oxygen atoms in total. The smallest absolute Gasteiger partial charge is 0.306 e. The molecule has 0 radical (unpaired) electrons. The third-order valence-corrected chi connectivity index (χ3v) is 6.63. The molecule has 0 aromatic heterocycles. The summed E-state index contributed by atoms with van der Waals surface area (Å²) in [4.78, 5) is 14.0. The third-order valence-electron chi connectivity index (χ3n) is 6.27. The Balaban J connectivity index is 1.31. The summed E-state index contributed by atoms with van der Waals surface area (Å²) in [6, 6.07) is 12.1. The van der Waals surface area contributed by atoms with Crippen LogP contribution in [0.3, 0.4) is 0 Å². The lowest BCUT2D eigenvalue weighted by atomic mass is 9.88. The standard InChI is InChI=1S/C26H32ClNO4/c1-4-19-7-6-8-23(27)22(19)15-31-21-10-9-20-13-26(32-24(20)12-21)16-28(17-26)14-18(3)11-25(29)30-5-2/h6-10,12,18H,4-5,11,13-17H2,1-3H3. The number of aryl methyl sites for hydroxylation is 1. The topological polar surface area (TPSA) is 48.0 Å². The highest BCUT2D eigenvalue weighted by atomic mass is 35.5. The van der Waals surface area contributed by atoms with Crippen LogP contribution in [0, 0.1) is 5.92 Å². The number of halogens is 1. The molecule has 32 heavy (non-hydrogen) atoms. The molecule has 0 amide bonds. The Bertz CT molecular complexity index is 970. The number of nitrogens with zero attached hydrogens (tertiary/aromatic N) is 1. The minimum atomic E-state index is -0.150. The summed E-state index contributed by atoms with van der Waals surface area (Å²) in [5.74, 6) is 1.86. The predicted molar refractivity (Wildman–Crippen MR) is 126 cm³/mol. The van der Waals surface area contributed by atoms with Crippen molar-refractivity contribution >= 4 is 17.6 Å². The molecule has 4 rings (SSSR count). The van der Waals surface area contributed by atoms with Gasteiger partial charge in [0, 0.05) is 49.1 Å². The van der Waals surface area contributed by atoms with Crippen molar-refractivity contribution in [1.82, 2.24) is 4.90 Å². The third kappa shape index (κ3) is 5.05.